The topological polar surface area (TPSA) is 38.0 Å². The van der Waals surface area contributed by atoms with E-state index >= 15 is 0 Å². The summed E-state index contributed by atoms with van der Waals surface area (Å²) in [5, 5.41) is 0. The number of rotatable bonds is 4. The van der Waals surface area contributed by atoms with Gasteiger partial charge in [0.2, 0.25) is 0 Å². The van der Waals surface area contributed by atoms with E-state index in [2.05, 4.69) is 5.43 Å². The number of nitrogens with one attached hydrogen (secondary N) is 1. The average molecular weight is 264 g/mol. The number of aryl methyl sites for hydroxylation is 1. The Labute approximate surface area is 115 Å². The Balaban J connectivity index is 2.03. The van der Waals surface area contributed by atoms with Crippen molar-refractivity contribution >= 4 is 0 Å². The van der Waals surface area contributed by atoms with Gasteiger partial charge in [-0.05, 0) is 36.5 Å². The van der Waals surface area contributed by atoms with E-state index in [0.717, 1.165) is 12.0 Å². The first-order valence-electron chi connectivity index (χ1n) is 7.43. The van der Waals surface area contributed by atoms with Crippen LogP contribution in [0.15, 0.2) is 18.2 Å². The lowest BCUT2D eigenvalue weighted by molar-refractivity contribution is 0.358. The zero-order valence-electron chi connectivity index (χ0n) is 11.8. The largest absolute Gasteiger partial charge is 0.271 e. The fourth-order valence-electron chi connectivity index (χ4n) is 3.06. The van der Waals surface area contributed by atoms with E-state index in [1.807, 2.05) is 12.1 Å². The Hall–Kier alpha value is -0.930. The van der Waals surface area contributed by atoms with Gasteiger partial charge in [0.15, 0.2) is 0 Å². The molecule has 0 aliphatic heterocycles. The van der Waals surface area contributed by atoms with Gasteiger partial charge >= 0.3 is 0 Å². The summed E-state index contributed by atoms with van der Waals surface area (Å²) >= 11 is 0. The van der Waals surface area contributed by atoms with Crippen LogP contribution in [0, 0.1) is 18.7 Å². The molecule has 1 aromatic carbocycles. The van der Waals surface area contributed by atoms with Crippen molar-refractivity contribution in [3.8, 4) is 0 Å². The molecule has 2 nitrogen and oxygen atoms in total. The summed E-state index contributed by atoms with van der Waals surface area (Å²) in [7, 11) is 0. The van der Waals surface area contributed by atoms with Crippen LogP contribution in [0.2, 0.25) is 0 Å². The Morgan fingerprint density at radius 2 is 1.95 bits per heavy atom. The minimum Gasteiger partial charge on any atom is -0.271 e. The summed E-state index contributed by atoms with van der Waals surface area (Å²) in [4.78, 5) is 0. The number of nitrogens with two attached hydrogens (primary N) is 1. The van der Waals surface area contributed by atoms with E-state index in [4.69, 9.17) is 5.84 Å². The van der Waals surface area contributed by atoms with Gasteiger partial charge in [-0.25, -0.2) is 4.39 Å². The molecule has 19 heavy (non-hydrogen) atoms. The van der Waals surface area contributed by atoms with Crippen LogP contribution < -0.4 is 11.3 Å². The second-order valence-corrected chi connectivity index (χ2v) is 5.82. The zero-order valence-corrected chi connectivity index (χ0v) is 11.8. The minimum atomic E-state index is -0.140. The second kappa shape index (κ2) is 7.01. The minimum absolute atomic E-state index is 0.0678. The SMILES string of the molecule is Cc1ccc(C(CC2CCCCCC2)NN)cc1F. The molecule has 1 aromatic rings. The number of halogens is 1. The van der Waals surface area contributed by atoms with Crippen LogP contribution in [0.25, 0.3) is 0 Å². The van der Waals surface area contributed by atoms with E-state index in [1.165, 1.54) is 38.5 Å². The highest BCUT2D eigenvalue weighted by molar-refractivity contribution is 5.25. The summed E-state index contributed by atoms with van der Waals surface area (Å²) in [5.41, 5.74) is 4.52. The van der Waals surface area contributed by atoms with Crippen LogP contribution in [0.1, 0.15) is 62.1 Å². The molecule has 0 saturated heterocycles. The standard InChI is InChI=1S/C16H25FN2/c1-12-8-9-14(11-15(12)17)16(19-18)10-13-6-4-2-3-5-7-13/h8-9,11,13,16,19H,2-7,10,18H2,1H3. The van der Waals surface area contributed by atoms with Crippen molar-refractivity contribution in [2.75, 3.05) is 0 Å². The van der Waals surface area contributed by atoms with E-state index in [1.54, 1.807) is 13.0 Å². The lowest BCUT2D eigenvalue weighted by Gasteiger charge is -2.22. The molecule has 1 saturated carbocycles. The van der Waals surface area contributed by atoms with Crippen LogP contribution in [-0.4, -0.2) is 0 Å². The van der Waals surface area contributed by atoms with E-state index in [0.29, 0.717) is 11.5 Å². The normalized spacial score (nSPS) is 19.1. The lowest BCUT2D eigenvalue weighted by atomic mass is 9.89. The van der Waals surface area contributed by atoms with Crippen molar-refractivity contribution < 1.29 is 4.39 Å². The number of benzene rings is 1. The maximum absolute atomic E-state index is 13.7. The molecule has 2 rings (SSSR count). The van der Waals surface area contributed by atoms with Gasteiger partial charge < -0.3 is 0 Å². The Bertz CT molecular complexity index is 398. The first kappa shape index (κ1) is 14.5. The molecular formula is C16H25FN2. The van der Waals surface area contributed by atoms with Crippen molar-refractivity contribution in [2.45, 2.75) is 57.9 Å². The number of hydrogen-bond acceptors (Lipinski definition) is 2. The van der Waals surface area contributed by atoms with Gasteiger partial charge in [-0.15, -0.1) is 0 Å². The van der Waals surface area contributed by atoms with Gasteiger partial charge in [0, 0.05) is 6.04 Å². The molecule has 0 heterocycles. The Morgan fingerprint density at radius 1 is 1.26 bits per heavy atom. The van der Waals surface area contributed by atoms with Crippen molar-refractivity contribution in [3.05, 3.63) is 35.1 Å². The maximum atomic E-state index is 13.7. The highest BCUT2D eigenvalue weighted by atomic mass is 19.1. The Morgan fingerprint density at radius 3 is 2.53 bits per heavy atom. The Kier molecular flexibility index (Phi) is 5.34. The molecule has 1 aliphatic carbocycles. The molecule has 1 unspecified atom stereocenters. The van der Waals surface area contributed by atoms with Crippen molar-refractivity contribution in [2.24, 2.45) is 11.8 Å². The van der Waals surface area contributed by atoms with E-state index < -0.39 is 0 Å². The van der Waals surface area contributed by atoms with Crippen LogP contribution in [0.5, 0.6) is 0 Å². The molecule has 3 N–H and O–H groups in total. The summed E-state index contributed by atoms with van der Waals surface area (Å²) < 4.78 is 13.7. The second-order valence-electron chi connectivity index (χ2n) is 5.82. The van der Waals surface area contributed by atoms with Gasteiger partial charge in [0.1, 0.15) is 5.82 Å². The summed E-state index contributed by atoms with van der Waals surface area (Å²) in [5.74, 6) is 6.25. The third-order valence-corrected chi connectivity index (χ3v) is 4.34. The molecule has 106 valence electrons. The highest BCUT2D eigenvalue weighted by Crippen LogP contribution is 2.31. The molecule has 3 heteroatoms. The van der Waals surface area contributed by atoms with E-state index in [9.17, 15) is 4.39 Å². The van der Waals surface area contributed by atoms with Crippen molar-refractivity contribution in [1.29, 1.82) is 0 Å². The highest BCUT2D eigenvalue weighted by Gasteiger charge is 2.19. The molecule has 1 aliphatic rings. The third-order valence-electron chi connectivity index (χ3n) is 4.34. The van der Waals surface area contributed by atoms with Crippen LogP contribution in [-0.2, 0) is 0 Å². The van der Waals surface area contributed by atoms with E-state index in [-0.39, 0.29) is 11.9 Å². The fraction of sp³-hybridized carbons (Fsp3) is 0.625. The average Bonchev–Trinajstić information content (AvgIpc) is 2.68. The van der Waals surface area contributed by atoms with Crippen molar-refractivity contribution in [1.82, 2.24) is 5.43 Å². The first-order chi connectivity index (χ1) is 9.20. The van der Waals surface area contributed by atoms with Crippen LogP contribution >= 0.6 is 0 Å². The smallest absolute Gasteiger partial charge is 0.126 e. The van der Waals surface area contributed by atoms with Gasteiger partial charge in [0.05, 0.1) is 0 Å². The fourth-order valence-corrected chi connectivity index (χ4v) is 3.06. The molecule has 1 atom stereocenters. The molecule has 0 radical (unpaired) electrons. The van der Waals surface area contributed by atoms with Gasteiger partial charge in [0.25, 0.3) is 0 Å². The predicted octanol–water partition coefficient (Wildman–Crippen LogP) is 4.00. The zero-order chi connectivity index (χ0) is 13.7. The van der Waals surface area contributed by atoms with Crippen LogP contribution in [0.4, 0.5) is 4.39 Å². The number of hydrazine groups is 1. The molecule has 0 bridgehead atoms. The van der Waals surface area contributed by atoms with Crippen LogP contribution in [0.3, 0.4) is 0 Å². The lowest BCUT2D eigenvalue weighted by Crippen LogP contribution is -2.29. The summed E-state index contributed by atoms with van der Waals surface area (Å²) in [6, 6.07) is 5.51. The summed E-state index contributed by atoms with van der Waals surface area (Å²) in [6.07, 6.45) is 8.94. The molecule has 0 aromatic heterocycles. The monoisotopic (exact) mass is 264 g/mol. The molecule has 1 fully saturated rings. The van der Waals surface area contributed by atoms with Gasteiger partial charge in [-0.1, -0.05) is 50.7 Å². The third kappa shape index (κ3) is 4.02. The predicted molar refractivity (Wildman–Crippen MR) is 77.0 cm³/mol. The summed E-state index contributed by atoms with van der Waals surface area (Å²) in [6.45, 7) is 1.79. The first-order valence-corrected chi connectivity index (χ1v) is 7.43. The maximum Gasteiger partial charge on any atom is 0.126 e. The molecular weight excluding hydrogens is 239 g/mol. The number of hydrogen-bond donors (Lipinski definition) is 2. The van der Waals surface area contributed by atoms with Crippen molar-refractivity contribution in [3.63, 3.8) is 0 Å². The van der Waals surface area contributed by atoms with Gasteiger partial charge in [-0.2, -0.15) is 0 Å². The molecule has 0 spiro atoms. The molecule has 0 amide bonds. The quantitative estimate of drug-likeness (QED) is 0.490. The van der Waals surface area contributed by atoms with Gasteiger partial charge in [-0.3, -0.25) is 11.3 Å².